The maximum atomic E-state index is 5.79. The lowest BCUT2D eigenvalue weighted by Crippen LogP contribution is -2.29. The molecule has 1 aromatic rings. The third kappa shape index (κ3) is 2.18. The molecule has 1 atom stereocenters. The largest absolute Gasteiger partial charge is 0.478 e. The van der Waals surface area contributed by atoms with E-state index < -0.39 is 0 Å². The molecule has 1 aliphatic rings. The molecule has 0 radical (unpaired) electrons. The molecule has 1 fully saturated rings. The van der Waals surface area contributed by atoms with Crippen molar-refractivity contribution in [3.63, 3.8) is 0 Å². The van der Waals surface area contributed by atoms with Gasteiger partial charge in [-0.05, 0) is 25.5 Å². The van der Waals surface area contributed by atoms with Crippen LogP contribution in [0, 0.1) is 0 Å². The number of hydrogen-bond donors (Lipinski definition) is 2. The van der Waals surface area contributed by atoms with Gasteiger partial charge in [-0.1, -0.05) is 0 Å². The van der Waals surface area contributed by atoms with E-state index in [9.17, 15) is 0 Å². The van der Waals surface area contributed by atoms with Crippen LogP contribution < -0.4 is 15.8 Å². The Balaban J connectivity index is 2.17. The Morgan fingerprint density at radius 2 is 2.40 bits per heavy atom. The van der Waals surface area contributed by atoms with Gasteiger partial charge in [-0.3, -0.25) is 0 Å². The molecule has 5 heteroatoms. The lowest BCUT2D eigenvalue weighted by molar-refractivity contribution is 0.390. The lowest BCUT2D eigenvalue weighted by atomic mass is 9.96. The number of nitrogens with two attached hydrogens (primary N) is 1. The van der Waals surface area contributed by atoms with Gasteiger partial charge in [-0.15, -0.1) is 5.10 Å². The maximum absolute atomic E-state index is 5.79. The number of aromatic nitrogens is 2. The smallest absolute Gasteiger partial charge is 0.256 e. The highest BCUT2D eigenvalue weighted by Gasteiger charge is 2.18. The fourth-order valence-corrected chi connectivity index (χ4v) is 1.87. The molecule has 0 aliphatic carbocycles. The van der Waals surface area contributed by atoms with Crippen LogP contribution >= 0.6 is 0 Å². The van der Waals surface area contributed by atoms with Crippen LogP contribution in [0.1, 0.15) is 24.5 Å². The van der Waals surface area contributed by atoms with Gasteiger partial charge in [0.2, 0.25) is 0 Å². The molecule has 2 rings (SSSR count). The Kier molecular flexibility index (Phi) is 3.01. The minimum absolute atomic E-state index is 0.405. The van der Waals surface area contributed by atoms with Crippen molar-refractivity contribution in [1.29, 1.82) is 0 Å². The second-order valence-electron chi connectivity index (χ2n) is 3.78. The summed E-state index contributed by atoms with van der Waals surface area (Å²) in [6.45, 7) is 2.05. The normalized spacial score (nSPS) is 21.3. The summed E-state index contributed by atoms with van der Waals surface area (Å²) < 4.78 is 4.97. The topological polar surface area (TPSA) is 73.1 Å². The molecular weight excluding hydrogens is 192 g/mol. The number of nitrogens with one attached hydrogen (secondary N) is 1. The third-order valence-electron chi connectivity index (χ3n) is 2.72. The van der Waals surface area contributed by atoms with Crippen molar-refractivity contribution in [1.82, 2.24) is 15.5 Å². The summed E-state index contributed by atoms with van der Waals surface area (Å²) in [6, 6.07) is 1.86. The first kappa shape index (κ1) is 10.2. The van der Waals surface area contributed by atoms with E-state index in [0.29, 0.717) is 17.5 Å². The zero-order chi connectivity index (χ0) is 10.7. The first-order valence-corrected chi connectivity index (χ1v) is 5.19. The maximum Gasteiger partial charge on any atom is 0.256 e. The van der Waals surface area contributed by atoms with Crippen LogP contribution in [0.5, 0.6) is 5.88 Å². The van der Waals surface area contributed by atoms with Gasteiger partial charge in [-0.25, -0.2) is 0 Å². The molecule has 2 heterocycles. The van der Waals surface area contributed by atoms with Gasteiger partial charge in [0.15, 0.2) is 0 Å². The first-order valence-electron chi connectivity index (χ1n) is 5.19. The Morgan fingerprint density at radius 3 is 3.00 bits per heavy atom. The van der Waals surface area contributed by atoms with E-state index in [0.717, 1.165) is 25.2 Å². The van der Waals surface area contributed by atoms with Crippen LogP contribution in [0.25, 0.3) is 0 Å². The highest BCUT2D eigenvalue weighted by Crippen LogP contribution is 2.25. The summed E-state index contributed by atoms with van der Waals surface area (Å²) in [6.07, 6.45) is 2.33. The highest BCUT2D eigenvalue weighted by atomic mass is 16.5. The molecule has 0 bridgehead atoms. The molecule has 1 aromatic heterocycles. The van der Waals surface area contributed by atoms with Crippen molar-refractivity contribution in [2.24, 2.45) is 0 Å². The van der Waals surface area contributed by atoms with Crippen LogP contribution in [0.3, 0.4) is 0 Å². The van der Waals surface area contributed by atoms with Crippen LogP contribution in [-0.2, 0) is 0 Å². The number of anilines is 1. The fraction of sp³-hybridized carbons (Fsp3) is 0.600. The molecule has 0 spiro atoms. The molecular formula is C10H16N4O. The van der Waals surface area contributed by atoms with Gasteiger partial charge in [-0.2, -0.15) is 5.10 Å². The lowest BCUT2D eigenvalue weighted by Gasteiger charge is -2.21. The predicted octanol–water partition coefficient (Wildman–Crippen LogP) is 0.534. The summed E-state index contributed by atoms with van der Waals surface area (Å²) in [4.78, 5) is 0. The number of ether oxygens (including phenoxy) is 1. The average molecular weight is 208 g/mol. The number of methoxy groups -OCH3 is 1. The molecule has 0 amide bonds. The summed E-state index contributed by atoms with van der Waals surface area (Å²) in [5.74, 6) is 0.835. The number of nitrogens with zero attached hydrogens (tertiary/aromatic N) is 2. The van der Waals surface area contributed by atoms with Crippen molar-refractivity contribution in [2.45, 2.75) is 18.8 Å². The van der Waals surface area contributed by atoms with E-state index >= 15 is 0 Å². The van der Waals surface area contributed by atoms with Crippen molar-refractivity contribution >= 4 is 5.69 Å². The fourth-order valence-electron chi connectivity index (χ4n) is 1.87. The molecule has 5 nitrogen and oxygen atoms in total. The van der Waals surface area contributed by atoms with Gasteiger partial charge in [0.1, 0.15) is 0 Å². The predicted molar refractivity (Wildman–Crippen MR) is 57.8 cm³/mol. The van der Waals surface area contributed by atoms with Crippen molar-refractivity contribution in [3.05, 3.63) is 11.8 Å². The quantitative estimate of drug-likeness (QED) is 0.742. The van der Waals surface area contributed by atoms with Crippen LogP contribution in [0.15, 0.2) is 6.07 Å². The van der Waals surface area contributed by atoms with E-state index in [1.54, 1.807) is 7.11 Å². The number of nitrogen functional groups attached to an aromatic ring is 1. The molecule has 0 aromatic carbocycles. The SMILES string of the molecule is COc1nnc(C2CCCNC2)cc1N. The van der Waals surface area contributed by atoms with Gasteiger partial charge < -0.3 is 15.8 Å². The van der Waals surface area contributed by atoms with Crippen molar-refractivity contribution in [3.8, 4) is 5.88 Å². The monoisotopic (exact) mass is 208 g/mol. The Labute approximate surface area is 89.0 Å². The van der Waals surface area contributed by atoms with E-state index in [2.05, 4.69) is 15.5 Å². The Morgan fingerprint density at radius 1 is 1.53 bits per heavy atom. The van der Waals surface area contributed by atoms with Crippen molar-refractivity contribution in [2.75, 3.05) is 25.9 Å². The van der Waals surface area contributed by atoms with Gasteiger partial charge in [0.25, 0.3) is 5.88 Å². The van der Waals surface area contributed by atoms with E-state index in [1.165, 1.54) is 6.42 Å². The minimum Gasteiger partial charge on any atom is -0.478 e. The molecule has 3 N–H and O–H groups in total. The number of hydrogen-bond acceptors (Lipinski definition) is 5. The molecule has 1 saturated heterocycles. The van der Waals surface area contributed by atoms with Gasteiger partial charge in [0.05, 0.1) is 18.5 Å². The average Bonchev–Trinajstić information content (AvgIpc) is 2.30. The summed E-state index contributed by atoms with van der Waals surface area (Å²) >= 11 is 0. The summed E-state index contributed by atoms with van der Waals surface area (Å²) in [5, 5.41) is 11.4. The number of piperidine rings is 1. The molecule has 82 valence electrons. The van der Waals surface area contributed by atoms with Crippen LogP contribution in [0.4, 0.5) is 5.69 Å². The number of rotatable bonds is 2. The van der Waals surface area contributed by atoms with Gasteiger partial charge >= 0.3 is 0 Å². The van der Waals surface area contributed by atoms with E-state index in [4.69, 9.17) is 10.5 Å². The molecule has 15 heavy (non-hydrogen) atoms. The minimum atomic E-state index is 0.405. The van der Waals surface area contributed by atoms with E-state index in [-0.39, 0.29) is 0 Å². The second-order valence-corrected chi connectivity index (χ2v) is 3.78. The second kappa shape index (κ2) is 4.44. The third-order valence-corrected chi connectivity index (χ3v) is 2.72. The highest BCUT2D eigenvalue weighted by molar-refractivity contribution is 5.48. The summed E-state index contributed by atoms with van der Waals surface area (Å²) in [5.41, 5.74) is 7.31. The van der Waals surface area contributed by atoms with Crippen molar-refractivity contribution < 1.29 is 4.74 Å². The molecule has 1 aliphatic heterocycles. The Bertz CT molecular complexity index is 336. The zero-order valence-electron chi connectivity index (χ0n) is 8.86. The molecule has 0 saturated carbocycles. The zero-order valence-corrected chi connectivity index (χ0v) is 8.86. The van der Waals surface area contributed by atoms with Crippen LogP contribution in [0.2, 0.25) is 0 Å². The van der Waals surface area contributed by atoms with Gasteiger partial charge in [0, 0.05) is 12.5 Å². The van der Waals surface area contributed by atoms with E-state index in [1.807, 2.05) is 6.07 Å². The summed E-state index contributed by atoms with van der Waals surface area (Å²) in [7, 11) is 1.54. The standard InChI is InChI=1S/C10H16N4O/c1-15-10-8(11)5-9(13-14-10)7-3-2-4-12-6-7/h5,7,12H,2-4,6H2,1H3,(H2,11,13). The first-order chi connectivity index (χ1) is 7.31. The Hall–Kier alpha value is -1.36. The molecule has 1 unspecified atom stereocenters. The van der Waals surface area contributed by atoms with Crippen LogP contribution in [-0.4, -0.2) is 30.4 Å².